The summed E-state index contributed by atoms with van der Waals surface area (Å²) >= 11 is 0. The summed E-state index contributed by atoms with van der Waals surface area (Å²) in [6, 6.07) is 3.63. The van der Waals surface area contributed by atoms with Gasteiger partial charge in [-0.2, -0.15) is 0 Å². The summed E-state index contributed by atoms with van der Waals surface area (Å²) in [5.41, 5.74) is 6.93. The highest BCUT2D eigenvalue weighted by atomic mass is 16.5. The molecule has 0 spiro atoms. The minimum absolute atomic E-state index is 0.337. The van der Waals surface area contributed by atoms with Gasteiger partial charge in [-0.1, -0.05) is 0 Å². The average Bonchev–Trinajstić information content (AvgIpc) is 2.52. The van der Waals surface area contributed by atoms with Crippen molar-refractivity contribution >= 4 is 16.5 Å². The molecule has 0 aliphatic heterocycles. The highest BCUT2D eigenvalue weighted by Crippen LogP contribution is 2.33. The van der Waals surface area contributed by atoms with Gasteiger partial charge in [0, 0.05) is 36.0 Å². The number of nitrogens with two attached hydrogens (primary N) is 1. The number of hydrogen-bond acceptors (Lipinski definition) is 5. The minimum Gasteiger partial charge on any atom is -0.495 e. The first kappa shape index (κ1) is 13.9. The van der Waals surface area contributed by atoms with E-state index in [1.54, 1.807) is 18.5 Å². The van der Waals surface area contributed by atoms with E-state index in [-0.39, 0.29) is 0 Å². The number of nitrogen functional groups attached to an aromatic ring is 1. The van der Waals surface area contributed by atoms with E-state index in [0.717, 1.165) is 16.3 Å². The van der Waals surface area contributed by atoms with Gasteiger partial charge in [-0.15, -0.1) is 0 Å². The van der Waals surface area contributed by atoms with Crippen molar-refractivity contribution in [2.75, 3.05) is 12.8 Å². The van der Waals surface area contributed by atoms with Gasteiger partial charge in [-0.25, -0.2) is 4.79 Å². The Morgan fingerprint density at radius 1 is 1.27 bits per heavy atom. The zero-order valence-electron chi connectivity index (χ0n) is 11.8. The number of H-pyrrole nitrogens is 2. The maximum Gasteiger partial charge on any atom is 0.325 e. The lowest BCUT2D eigenvalue weighted by atomic mass is 9.99. The van der Waals surface area contributed by atoms with Crippen molar-refractivity contribution in [3.8, 4) is 5.75 Å². The van der Waals surface area contributed by atoms with Crippen LogP contribution in [0.5, 0.6) is 5.75 Å². The number of aromatic amines is 2. The van der Waals surface area contributed by atoms with Crippen molar-refractivity contribution in [2.45, 2.75) is 6.42 Å². The summed E-state index contributed by atoms with van der Waals surface area (Å²) in [5, 5.41) is 1.65. The number of ether oxygens (including phenoxy) is 1. The first-order valence-corrected chi connectivity index (χ1v) is 6.60. The fourth-order valence-corrected chi connectivity index (χ4v) is 2.42. The number of aromatic nitrogens is 3. The molecule has 112 valence electrons. The van der Waals surface area contributed by atoms with Crippen molar-refractivity contribution in [1.29, 1.82) is 0 Å². The molecule has 0 amide bonds. The van der Waals surface area contributed by atoms with Crippen LogP contribution < -0.4 is 21.7 Å². The normalized spacial score (nSPS) is 10.8. The quantitative estimate of drug-likeness (QED) is 0.619. The van der Waals surface area contributed by atoms with Gasteiger partial charge in [-0.3, -0.25) is 14.8 Å². The van der Waals surface area contributed by atoms with Crippen LogP contribution >= 0.6 is 0 Å². The van der Waals surface area contributed by atoms with E-state index < -0.39 is 11.2 Å². The zero-order valence-corrected chi connectivity index (χ0v) is 11.8. The van der Waals surface area contributed by atoms with E-state index >= 15 is 0 Å². The molecule has 0 unspecified atom stereocenters. The lowest BCUT2D eigenvalue weighted by Gasteiger charge is -2.12. The van der Waals surface area contributed by atoms with Crippen molar-refractivity contribution < 1.29 is 4.74 Å². The van der Waals surface area contributed by atoms with Crippen LogP contribution in [0.15, 0.2) is 40.3 Å². The second kappa shape index (κ2) is 5.36. The molecule has 0 aliphatic carbocycles. The average molecular weight is 298 g/mol. The van der Waals surface area contributed by atoms with Gasteiger partial charge in [0.15, 0.2) is 0 Å². The van der Waals surface area contributed by atoms with Crippen LogP contribution in [0.1, 0.15) is 11.1 Å². The lowest BCUT2D eigenvalue weighted by molar-refractivity contribution is 0.417. The summed E-state index contributed by atoms with van der Waals surface area (Å²) in [6.07, 6.45) is 5.07. The topological polar surface area (TPSA) is 114 Å². The molecule has 0 aliphatic rings. The molecular weight excluding hydrogens is 284 g/mol. The number of rotatable bonds is 3. The van der Waals surface area contributed by atoms with Gasteiger partial charge in [-0.05, 0) is 23.1 Å². The molecule has 1 aromatic carbocycles. The number of anilines is 1. The van der Waals surface area contributed by atoms with E-state index in [0.29, 0.717) is 23.4 Å². The molecule has 0 bridgehead atoms. The summed E-state index contributed by atoms with van der Waals surface area (Å²) in [5.74, 6) is 0.524. The van der Waals surface area contributed by atoms with E-state index in [9.17, 15) is 9.59 Å². The van der Waals surface area contributed by atoms with Gasteiger partial charge >= 0.3 is 5.69 Å². The van der Waals surface area contributed by atoms with Gasteiger partial charge in [0.05, 0.1) is 12.8 Å². The number of fused-ring (bicyclic) bond motifs is 1. The molecule has 4 N–H and O–H groups in total. The highest BCUT2D eigenvalue weighted by molar-refractivity contribution is 5.97. The van der Waals surface area contributed by atoms with Crippen LogP contribution in [-0.4, -0.2) is 22.1 Å². The third-order valence-electron chi connectivity index (χ3n) is 3.53. The molecule has 0 fully saturated rings. The van der Waals surface area contributed by atoms with Gasteiger partial charge in [0.1, 0.15) is 5.75 Å². The van der Waals surface area contributed by atoms with Crippen LogP contribution in [-0.2, 0) is 6.42 Å². The van der Waals surface area contributed by atoms with Crippen molar-refractivity contribution in [2.24, 2.45) is 0 Å². The molecular formula is C15H14N4O3. The Labute approximate surface area is 124 Å². The molecule has 0 radical (unpaired) electrons. The Hall–Kier alpha value is -3.09. The van der Waals surface area contributed by atoms with Gasteiger partial charge in [0.2, 0.25) is 0 Å². The van der Waals surface area contributed by atoms with E-state index in [1.165, 1.54) is 13.3 Å². The number of pyridine rings is 1. The number of methoxy groups -OCH3 is 1. The Morgan fingerprint density at radius 3 is 2.82 bits per heavy atom. The standard InChI is InChI=1S/C15H14N4O3/c1-22-12-5-8(4-9-6-18-15(21)19-14(9)20)10-2-3-17-7-11(10)13(12)16/h2-3,5-7H,4,16H2,1H3,(H2,18,19,20,21). The maximum absolute atomic E-state index is 11.9. The fraction of sp³-hybridized carbons (Fsp3) is 0.133. The first-order valence-electron chi connectivity index (χ1n) is 6.60. The number of nitrogens with zero attached hydrogens (tertiary/aromatic N) is 1. The number of nitrogens with one attached hydrogen (secondary N) is 2. The fourth-order valence-electron chi connectivity index (χ4n) is 2.42. The van der Waals surface area contributed by atoms with Gasteiger partial charge < -0.3 is 15.5 Å². The highest BCUT2D eigenvalue weighted by Gasteiger charge is 2.12. The predicted octanol–water partition coefficient (Wildman–Crippen LogP) is 0.793. The molecule has 22 heavy (non-hydrogen) atoms. The van der Waals surface area contributed by atoms with Crippen LogP contribution in [0.4, 0.5) is 5.69 Å². The van der Waals surface area contributed by atoms with Crippen LogP contribution in [0, 0.1) is 0 Å². The van der Waals surface area contributed by atoms with Gasteiger partial charge in [0.25, 0.3) is 5.56 Å². The first-order chi connectivity index (χ1) is 10.6. The monoisotopic (exact) mass is 298 g/mol. The largest absolute Gasteiger partial charge is 0.495 e. The summed E-state index contributed by atoms with van der Waals surface area (Å²) in [7, 11) is 1.53. The van der Waals surface area contributed by atoms with Crippen molar-refractivity contribution in [3.63, 3.8) is 0 Å². The molecule has 0 saturated carbocycles. The lowest BCUT2D eigenvalue weighted by Crippen LogP contribution is -2.24. The Kier molecular flexibility index (Phi) is 3.38. The van der Waals surface area contributed by atoms with Crippen LogP contribution in [0.3, 0.4) is 0 Å². The molecule has 2 heterocycles. The Morgan fingerprint density at radius 2 is 2.09 bits per heavy atom. The summed E-state index contributed by atoms with van der Waals surface area (Å²) < 4.78 is 5.28. The van der Waals surface area contributed by atoms with E-state index in [2.05, 4.69) is 15.0 Å². The zero-order chi connectivity index (χ0) is 15.7. The third kappa shape index (κ3) is 2.32. The predicted molar refractivity (Wildman–Crippen MR) is 83.2 cm³/mol. The Bertz CT molecular complexity index is 959. The number of hydrogen-bond donors (Lipinski definition) is 3. The molecule has 7 heteroatoms. The minimum atomic E-state index is -0.530. The SMILES string of the molecule is COc1cc(Cc2c[nH]c(=O)[nH]c2=O)c2ccncc2c1N. The van der Waals surface area contributed by atoms with Crippen molar-refractivity contribution in [3.05, 3.63) is 62.7 Å². The van der Waals surface area contributed by atoms with Crippen molar-refractivity contribution in [1.82, 2.24) is 15.0 Å². The summed E-state index contributed by atoms with van der Waals surface area (Å²) in [6.45, 7) is 0. The summed E-state index contributed by atoms with van der Waals surface area (Å²) in [4.78, 5) is 31.7. The third-order valence-corrected chi connectivity index (χ3v) is 3.53. The van der Waals surface area contributed by atoms with E-state index in [1.807, 2.05) is 6.07 Å². The molecule has 3 aromatic rings. The van der Waals surface area contributed by atoms with E-state index in [4.69, 9.17) is 10.5 Å². The Balaban J connectivity index is 2.20. The second-order valence-electron chi connectivity index (χ2n) is 4.85. The number of benzene rings is 1. The van der Waals surface area contributed by atoms with Crippen LogP contribution in [0.25, 0.3) is 10.8 Å². The second-order valence-corrected chi connectivity index (χ2v) is 4.85. The molecule has 2 aromatic heterocycles. The molecule has 0 saturated heterocycles. The smallest absolute Gasteiger partial charge is 0.325 e. The molecule has 3 rings (SSSR count). The van der Waals surface area contributed by atoms with Crippen LogP contribution in [0.2, 0.25) is 0 Å². The molecule has 0 atom stereocenters. The molecule has 7 nitrogen and oxygen atoms in total. The maximum atomic E-state index is 11.9.